The van der Waals surface area contributed by atoms with Gasteiger partial charge in [-0.3, -0.25) is 0 Å². The largest absolute Gasteiger partial charge is 0.384 e. The molecule has 0 saturated carbocycles. The van der Waals surface area contributed by atoms with E-state index in [0.29, 0.717) is 0 Å². The van der Waals surface area contributed by atoms with Crippen molar-refractivity contribution in [2.75, 3.05) is 26.2 Å². The van der Waals surface area contributed by atoms with Crippen molar-refractivity contribution in [3.63, 3.8) is 0 Å². The van der Waals surface area contributed by atoms with Crippen LogP contribution in [0, 0.1) is 0 Å². The molecular weight excluding hydrogens is 298 g/mol. The van der Waals surface area contributed by atoms with Crippen LogP contribution >= 0.6 is 11.3 Å². The number of piperidine rings is 1. The van der Waals surface area contributed by atoms with Crippen LogP contribution in [0.4, 0.5) is 4.79 Å². The fraction of sp³-hybridized carbons (Fsp3) is 0.688. The van der Waals surface area contributed by atoms with Crippen molar-refractivity contribution >= 4 is 17.4 Å². The lowest BCUT2D eigenvalue weighted by atomic mass is 9.99. The van der Waals surface area contributed by atoms with E-state index in [0.717, 1.165) is 25.2 Å². The Kier molecular flexibility index (Phi) is 6.23. The molecule has 22 heavy (non-hydrogen) atoms. The molecule has 1 saturated heterocycles. The number of nitrogens with zero attached hydrogens (tertiary/aromatic N) is 1. The Morgan fingerprint density at radius 2 is 2.18 bits per heavy atom. The van der Waals surface area contributed by atoms with E-state index in [1.165, 1.54) is 30.6 Å². The monoisotopic (exact) mass is 325 g/mol. The van der Waals surface area contributed by atoms with Crippen molar-refractivity contribution in [2.45, 2.75) is 44.8 Å². The molecule has 2 heterocycles. The van der Waals surface area contributed by atoms with Crippen molar-refractivity contribution < 1.29 is 9.90 Å². The summed E-state index contributed by atoms with van der Waals surface area (Å²) in [6, 6.07) is 1.76. The molecule has 0 aliphatic carbocycles. The van der Waals surface area contributed by atoms with Crippen molar-refractivity contribution in [3.8, 4) is 0 Å². The average Bonchev–Trinajstić information content (AvgIpc) is 3.01. The first-order valence-electron chi connectivity index (χ1n) is 7.99. The van der Waals surface area contributed by atoms with Crippen molar-refractivity contribution in [3.05, 3.63) is 22.4 Å². The minimum Gasteiger partial charge on any atom is -0.384 e. The molecule has 1 aromatic heterocycles. The standard InChI is InChI=1S/C16H27N3O2S/c1-13(10-19-7-4-3-5-8-19)18-15(20)17-12-16(2,21)14-6-9-22-11-14/h6,9,11,13,21H,3-5,7-8,10,12H2,1-2H3,(H2,17,18,20). The zero-order chi connectivity index (χ0) is 16.0. The first-order valence-corrected chi connectivity index (χ1v) is 8.93. The molecule has 6 heteroatoms. The second-order valence-corrected chi connectivity index (χ2v) is 7.16. The Morgan fingerprint density at radius 3 is 2.82 bits per heavy atom. The molecule has 0 spiro atoms. The van der Waals surface area contributed by atoms with E-state index < -0.39 is 5.60 Å². The number of carbonyl (C=O) groups excluding carboxylic acids is 1. The van der Waals surface area contributed by atoms with E-state index in [-0.39, 0.29) is 18.6 Å². The third-order valence-corrected chi connectivity index (χ3v) is 4.78. The van der Waals surface area contributed by atoms with Crippen LogP contribution in [-0.2, 0) is 5.60 Å². The Labute approximate surface area is 136 Å². The van der Waals surface area contributed by atoms with Crippen molar-refractivity contribution in [1.29, 1.82) is 0 Å². The molecule has 0 bridgehead atoms. The number of carbonyl (C=O) groups is 1. The minimum atomic E-state index is -1.03. The van der Waals surface area contributed by atoms with Gasteiger partial charge in [-0.1, -0.05) is 6.42 Å². The molecular formula is C16H27N3O2S. The third-order valence-electron chi connectivity index (χ3n) is 4.09. The maximum Gasteiger partial charge on any atom is 0.315 e. The number of urea groups is 1. The van der Waals surface area contributed by atoms with E-state index in [2.05, 4.69) is 15.5 Å². The molecule has 3 N–H and O–H groups in total. The number of rotatable bonds is 6. The van der Waals surface area contributed by atoms with E-state index in [1.807, 2.05) is 23.8 Å². The molecule has 5 nitrogen and oxygen atoms in total. The second-order valence-electron chi connectivity index (χ2n) is 6.38. The van der Waals surface area contributed by atoms with E-state index >= 15 is 0 Å². The molecule has 0 radical (unpaired) electrons. The van der Waals surface area contributed by atoms with Gasteiger partial charge >= 0.3 is 6.03 Å². The normalized spacial score (nSPS) is 20.1. The second kappa shape index (κ2) is 7.94. The lowest BCUT2D eigenvalue weighted by Gasteiger charge is -2.29. The van der Waals surface area contributed by atoms with Crippen LogP contribution < -0.4 is 10.6 Å². The molecule has 2 rings (SSSR count). The summed E-state index contributed by atoms with van der Waals surface area (Å²) in [5, 5.41) is 19.9. The highest BCUT2D eigenvalue weighted by molar-refractivity contribution is 7.08. The first kappa shape index (κ1) is 17.2. The molecule has 2 atom stereocenters. The number of hydrogen-bond donors (Lipinski definition) is 3. The molecule has 0 aromatic carbocycles. The molecule has 1 aliphatic heterocycles. The number of likely N-dealkylation sites (tertiary alicyclic amines) is 1. The SMILES string of the molecule is CC(CN1CCCCC1)NC(=O)NCC(C)(O)c1ccsc1. The summed E-state index contributed by atoms with van der Waals surface area (Å²) in [7, 11) is 0. The first-order chi connectivity index (χ1) is 10.5. The fourth-order valence-electron chi connectivity index (χ4n) is 2.78. The van der Waals surface area contributed by atoms with Gasteiger partial charge in [0, 0.05) is 12.6 Å². The van der Waals surface area contributed by atoms with Gasteiger partial charge in [0.05, 0.1) is 6.54 Å². The van der Waals surface area contributed by atoms with Crippen LogP contribution in [0.15, 0.2) is 16.8 Å². The van der Waals surface area contributed by atoms with Crippen LogP contribution in [0.5, 0.6) is 0 Å². The molecule has 124 valence electrons. The average molecular weight is 325 g/mol. The van der Waals surface area contributed by atoms with E-state index in [1.54, 1.807) is 6.92 Å². The highest BCUT2D eigenvalue weighted by Crippen LogP contribution is 2.21. The van der Waals surface area contributed by atoms with Gasteiger partial charge in [-0.2, -0.15) is 11.3 Å². The maximum atomic E-state index is 12.0. The van der Waals surface area contributed by atoms with E-state index in [4.69, 9.17) is 0 Å². The predicted octanol–water partition coefficient (Wildman–Crippen LogP) is 2.13. The lowest BCUT2D eigenvalue weighted by molar-refractivity contribution is 0.0596. The summed E-state index contributed by atoms with van der Waals surface area (Å²) < 4.78 is 0. The lowest BCUT2D eigenvalue weighted by Crippen LogP contribution is -2.49. The summed E-state index contributed by atoms with van der Waals surface area (Å²) in [5.41, 5.74) is -0.202. The number of amides is 2. The minimum absolute atomic E-state index is 0.101. The highest BCUT2D eigenvalue weighted by atomic mass is 32.1. The zero-order valence-corrected chi connectivity index (χ0v) is 14.3. The molecule has 1 fully saturated rings. The number of nitrogens with one attached hydrogen (secondary N) is 2. The number of hydrogen-bond acceptors (Lipinski definition) is 4. The third kappa shape index (κ3) is 5.26. The quantitative estimate of drug-likeness (QED) is 0.751. The maximum absolute atomic E-state index is 12.0. The molecule has 2 amide bonds. The van der Waals surface area contributed by atoms with Gasteiger partial charge in [0.1, 0.15) is 5.60 Å². The van der Waals surface area contributed by atoms with Gasteiger partial charge in [0.15, 0.2) is 0 Å². The van der Waals surface area contributed by atoms with Gasteiger partial charge in [-0.25, -0.2) is 4.79 Å². The molecule has 2 unspecified atom stereocenters. The Bertz CT molecular complexity index is 456. The zero-order valence-electron chi connectivity index (χ0n) is 13.5. The summed E-state index contributed by atoms with van der Waals surface area (Å²) >= 11 is 1.54. The number of thiophene rings is 1. The van der Waals surface area contributed by atoms with Gasteiger partial charge in [0.2, 0.25) is 0 Å². The predicted molar refractivity (Wildman–Crippen MR) is 90.2 cm³/mol. The smallest absolute Gasteiger partial charge is 0.315 e. The van der Waals surface area contributed by atoms with Gasteiger partial charge in [0.25, 0.3) is 0 Å². The molecule has 1 aliphatic rings. The molecule has 1 aromatic rings. The van der Waals surface area contributed by atoms with Crippen LogP contribution in [0.2, 0.25) is 0 Å². The Balaban J connectivity index is 1.70. The van der Waals surface area contributed by atoms with Gasteiger partial charge in [-0.15, -0.1) is 0 Å². The van der Waals surface area contributed by atoms with E-state index in [9.17, 15) is 9.90 Å². The fourth-order valence-corrected chi connectivity index (χ4v) is 3.56. The van der Waals surface area contributed by atoms with Crippen molar-refractivity contribution in [1.82, 2.24) is 15.5 Å². The summed E-state index contributed by atoms with van der Waals surface area (Å²) in [6.45, 7) is 7.07. The van der Waals surface area contributed by atoms with Crippen LogP contribution in [-0.4, -0.2) is 48.3 Å². The number of aliphatic hydroxyl groups is 1. The topological polar surface area (TPSA) is 64.6 Å². The van der Waals surface area contributed by atoms with Crippen LogP contribution in [0.3, 0.4) is 0 Å². The van der Waals surface area contributed by atoms with Crippen LogP contribution in [0.1, 0.15) is 38.7 Å². The van der Waals surface area contributed by atoms with Crippen LogP contribution in [0.25, 0.3) is 0 Å². The van der Waals surface area contributed by atoms with Gasteiger partial charge < -0.3 is 20.6 Å². The highest BCUT2D eigenvalue weighted by Gasteiger charge is 2.24. The summed E-state index contributed by atoms with van der Waals surface area (Å²) in [5.74, 6) is 0. The Hall–Kier alpha value is -1.11. The van der Waals surface area contributed by atoms with Gasteiger partial charge in [-0.05, 0) is 62.2 Å². The van der Waals surface area contributed by atoms with Crippen molar-refractivity contribution in [2.24, 2.45) is 0 Å². The summed E-state index contributed by atoms with van der Waals surface area (Å²) in [6.07, 6.45) is 3.82. The summed E-state index contributed by atoms with van der Waals surface area (Å²) in [4.78, 5) is 14.4. The Morgan fingerprint density at radius 1 is 1.45 bits per heavy atom.